The molecule has 168 valence electrons. The second kappa shape index (κ2) is 9.25. The van der Waals surface area contributed by atoms with Gasteiger partial charge < -0.3 is 10.6 Å². The van der Waals surface area contributed by atoms with Crippen molar-refractivity contribution in [2.24, 2.45) is 0 Å². The van der Waals surface area contributed by atoms with Gasteiger partial charge in [-0.25, -0.2) is 13.2 Å². The SMILES string of the molecule is CCn1cc(-c2cccc(NC(=O)Nc3ccc(S(C)(=O)=O)cc3)c2)c(-c2ccncc2)n1. The maximum Gasteiger partial charge on any atom is 0.323 e. The molecule has 2 amide bonds. The average molecular weight is 462 g/mol. The Labute approximate surface area is 192 Å². The predicted octanol–water partition coefficient (Wildman–Crippen LogP) is 4.68. The van der Waals surface area contributed by atoms with E-state index in [4.69, 9.17) is 5.10 Å². The number of carbonyl (C=O) groups is 1. The third-order valence-corrected chi connectivity index (χ3v) is 6.14. The van der Waals surface area contributed by atoms with E-state index in [9.17, 15) is 13.2 Å². The van der Waals surface area contributed by atoms with Crippen LogP contribution >= 0.6 is 0 Å². The van der Waals surface area contributed by atoms with E-state index < -0.39 is 15.9 Å². The van der Waals surface area contributed by atoms with Crippen LogP contribution in [0.15, 0.2) is 84.1 Å². The van der Waals surface area contributed by atoms with Crippen molar-refractivity contribution < 1.29 is 13.2 Å². The number of amides is 2. The summed E-state index contributed by atoms with van der Waals surface area (Å²) in [6.07, 6.45) is 6.58. The second-order valence-electron chi connectivity index (χ2n) is 7.44. The van der Waals surface area contributed by atoms with E-state index in [1.165, 1.54) is 12.1 Å². The van der Waals surface area contributed by atoms with Crippen LogP contribution in [-0.2, 0) is 16.4 Å². The zero-order valence-electron chi connectivity index (χ0n) is 18.2. The van der Waals surface area contributed by atoms with Gasteiger partial charge in [-0.05, 0) is 61.0 Å². The molecule has 2 aromatic heterocycles. The fraction of sp³-hybridized carbons (Fsp3) is 0.125. The van der Waals surface area contributed by atoms with Crippen molar-refractivity contribution in [3.8, 4) is 22.4 Å². The number of rotatable bonds is 6. The lowest BCUT2D eigenvalue weighted by Gasteiger charge is -2.10. The number of benzene rings is 2. The van der Waals surface area contributed by atoms with Crippen LogP contribution in [-0.4, -0.2) is 35.5 Å². The summed E-state index contributed by atoms with van der Waals surface area (Å²) in [6.45, 7) is 2.76. The lowest BCUT2D eigenvalue weighted by atomic mass is 10.0. The molecule has 2 heterocycles. The van der Waals surface area contributed by atoms with Gasteiger partial charge in [-0.3, -0.25) is 9.67 Å². The Balaban J connectivity index is 1.54. The molecule has 0 bridgehead atoms. The first kappa shape index (κ1) is 22.2. The maximum atomic E-state index is 12.5. The van der Waals surface area contributed by atoms with Gasteiger partial charge in [0.1, 0.15) is 5.69 Å². The fourth-order valence-electron chi connectivity index (χ4n) is 3.36. The molecule has 9 heteroatoms. The van der Waals surface area contributed by atoms with Crippen molar-refractivity contribution in [3.63, 3.8) is 0 Å². The first-order chi connectivity index (χ1) is 15.8. The van der Waals surface area contributed by atoms with Crippen molar-refractivity contribution >= 4 is 27.2 Å². The lowest BCUT2D eigenvalue weighted by molar-refractivity contribution is 0.262. The molecule has 4 aromatic rings. The highest BCUT2D eigenvalue weighted by atomic mass is 32.2. The Bertz CT molecular complexity index is 1380. The summed E-state index contributed by atoms with van der Waals surface area (Å²) in [6, 6.07) is 16.9. The number of urea groups is 1. The number of aromatic nitrogens is 3. The van der Waals surface area contributed by atoms with Gasteiger partial charge in [0.2, 0.25) is 0 Å². The van der Waals surface area contributed by atoms with E-state index in [1.807, 2.05) is 48.1 Å². The van der Waals surface area contributed by atoms with Crippen molar-refractivity contribution in [2.75, 3.05) is 16.9 Å². The molecule has 2 N–H and O–H groups in total. The molecule has 4 rings (SSSR count). The Morgan fingerprint density at radius 3 is 2.30 bits per heavy atom. The average Bonchev–Trinajstić information content (AvgIpc) is 3.24. The minimum atomic E-state index is -3.29. The van der Waals surface area contributed by atoms with Crippen LogP contribution in [0.4, 0.5) is 16.2 Å². The Morgan fingerprint density at radius 1 is 0.939 bits per heavy atom. The second-order valence-corrected chi connectivity index (χ2v) is 9.46. The predicted molar refractivity (Wildman–Crippen MR) is 129 cm³/mol. The number of aryl methyl sites for hydroxylation is 1. The molecule has 0 unspecified atom stereocenters. The van der Waals surface area contributed by atoms with Crippen molar-refractivity contribution in [3.05, 3.63) is 79.3 Å². The van der Waals surface area contributed by atoms with E-state index >= 15 is 0 Å². The van der Waals surface area contributed by atoms with E-state index in [0.29, 0.717) is 11.4 Å². The highest BCUT2D eigenvalue weighted by Crippen LogP contribution is 2.32. The highest BCUT2D eigenvalue weighted by Gasteiger charge is 2.14. The summed E-state index contributed by atoms with van der Waals surface area (Å²) in [5, 5.41) is 10.2. The van der Waals surface area contributed by atoms with Gasteiger partial charge in [-0.1, -0.05) is 12.1 Å². The maximum absolute atomic E-state index is 12.5. The van der Waals surface area contributed by atoms with Crippen LogP contribution in [0.2, 0.25) is 0 Å². The fourth-order valence-corrected chi connectivity index (χ4v) is 3.99. The van der Waals surface area contributed by atoms with E-state index in [2.05, 4.69) is 15.6 Å². The third-order valence-electron chi connectivity index (χ3n) is 5.01. The number of nitrogens with one attached hydrogen (secondary N) is 2. The minimum absolute atomic E-state index is 0.193. The molecule has 0 aliphatic carbocycles. The topological polar surface area (TPSA) is 106 Å². The number of pyridine rings is 1. The van der Waals surface area contributed by atoms with E-state index in [1.54, 1.807) is 30.6 Å². The van der Waals surface area contributed by atoms with Crippen LogP contribution < -0.4 is 10.6 Å². The summed E-state index contributed by atoms with van der Waals surface area (Å²) in [4.78, 5) is 16.8. The van der Waals surface area contributed by atoms with Crippen molar-refractivity contribution in [2.45, 2.75) is 18.4 Å². The minimum Gasteiger partial charge on any atom is -0.308 e. The monoisotopic (exact) mass is 461 g/mol. The number of nitrogens with zero attached hydrogens (tertiary/aromatic N) is 3. The molecule has 8 nitrogen and oxygen atoms in total. The normalized spacial score (nSPS) is 11.2. The number of anilines is 2. The summed E-state index contributed by atoms with van der Waals surface area (Å²) in [7, 11) is -3.29. The first-order valence-corrected chi connectivity index (χ1v) is 12.2. The lowest BCUT2D eigenvalue weighted by Crippen LogP contribution is -2.19. The van der Waals surface area contributed by atoms with E-state index in [0.717, 1.165) is 35.2 Å². The van der Waals surface area contributed by atoms with Gasteiger partial charge >= 0.3 is 6.03 Å². The molecule has 0 saturated carbocycles. The molecule has 0 saturated heterocycles. The summed E-state index contributed by atoms with van der Waals surface area (Å²) in [5.74, 6) is 0. The molecular weight excluding hydrogens is 438 g/mol. The molecule has 0 spiro atoms. The molecule has 33 heavy (non-hydrogen) atoms. The number of hydrogen-bond acceptors (Lipinski definition) is 5. The van der Waals surface area contributed by atoms with Crippen LogP contribution in [0, 0.1) is 0 Å². The Kier molecular flexibility index (Phi) is 6.23. The molecule has 0 atom stereocenters. The number of sulfone groups is 1. The van der Waals surface area contributed by atoms with Crippen LogP contribution in [0.5, 0.6) is 0 Å². The summed E-state index contributed by atoms with van der Waals surface area (Å²) < 4.78 is 25.0. The van der Waals surface area contributed by atoms with Gasteiger partial charge in [0, 0.05) is 53.9 Å². The zero-order valence-corrected chi connectivity index (χ0v) is 19.0. The molecule has 0 fully saturated rings. The van der Waals surface area contributed by atoms with Crippen LogP contribution in [0.1, 0.15) is 6.92 Å². The standard InChI is InChI=1S/C24H23N5O3S/c1-3-29-16-22(23(28-29)17-11-13-25-14-12-17)18-5-4-6-20(15-18)27-24(30)26-19-7-9-21(10-8-19)33(2,31)32/h4-16H,3H2,1-2H3,(H2,26,27,30). The van der Waals surface area contributed by atoms with Crippen molar-refractivity contribution in [1.82, 2.24) is 14.8 Å². The smallest absolute Gasteiger partial charge is 0.308 e. The highest BCUT2D eigenvalue weighted by molar-refractivity contribution is 7.90. The van der Waals surface area contributed by atoms with Gasteiger partial charge in [0.05, 0.1) is 4.90 Å². The quantitative estimate of drug-likeness (QED) is 0.434. The summed E-state index contributed by atoms with van der Waals surface area (Å²) in [5.41, 5.74) is 4.76. The molecule has 0 radical (unpaired) electrons. The molecule has 2 aromatic carbocycles. The first-order valence-electron chi connectivity index (χ1n) is 10.3. The zero-order chi connectivity index (χ0) is 23.4. The summed E-state index contributed by atoms with van der Waals surface area (Å²) >= 11 is 0. The largest absolute Gasteiger partial charge is 0.323 e. The van der Waals surface area contributed by atoms with Gasteiger partial charge in [0.15, 0.2) is 9.84 Å². The number of hydrogen-bond donors (Lipinski definition) is 2. The molecular formula is C24H23N5O3S. The van der Waals surface area contributed by atoms with Gasteiger partial charge in [-0.15, -0.1) is 0 Å². The van der Waals surface area contributed by atoms with Crippen LogP contribution in [0.3, 0.4) is 0 Å². The van der Waals surface area contributed by atoms with Gasteiger partial charge in [0.25, 0.3) is 0 Å². The van der Waals surface area contributed by atoms with E-state index in [-0.39, 0.29) is 4.90 Å². The van der Waals surface area contributed by atoms with Crippen molar-refractivity contribution in [1.29, 1.82) is 0 Å². The Morgan fingerprint density at radius 2 is 1.64 bits per heavy atom. The Hall–Kier alpha value is -3.98. The van der Waals surface area contributed by atoms with Gasteiger partial charge in [-0.2, -0.15) is 5.10 Å². The van der Waals surface area contributed by atoms with Crippen LogP contribution in [0.25, 0.3) is 22.4 Å². The molecule has 0 aliphatic rings. The third kappa shape index (κ3) is 5.27. The number of carbonyl (C=O) groups excluding carboxylic acids is 1. The molecule has 0 aliphatic heterocycles.